The zero-order valence-electron chi connectivity index (χ0n) is 27.6. The number of unbranched alkanes of at least 4 members (excludes halogenated alkanes) is 23. The van der Waals surface area contributed by atoms with Crippen molar-refractivity contribution in [1.82, 2.24) is 5.32 Å². The second-order valence-electron chi connectivity index (χ2n) is 12.3. The maximum Gasteiger partial charge on any atom is 0.220 e. The zero-order valence-corrected chi connectivity index (χ0v) is 27.6. The van der Waals surface area contributed by atoms with Crippen molar-refractivity contribution in [1.29, 1.82) is 0 Å². The molecule has 0 rings (SSSR count). The fraction of sp³-hybridized carbons (Fsp3) is 0.865. The van der Waals surface area contributed by atoms with E-state index in [1.165, 1.54) is 135 Å². The van der Waals surface area contributed by atoms with E-state index in [4.69, 9.17) is 0 Å². The number of amides is 1. The summed E-state index contributed by atoms with van der Waals surface area (Å²) in [5.41, 5.74) is 0. The van der Waals surface area contributed by atoms with E-state index < -0.39 is 12.1 Å². The normalized spacial score (nSPS) is 13.4. The first-order valence-electron chi connectivity index (χ1n) is 18.1. The molecule has 0 fully saturated rings. The van der Waals surface area contributed by atoms with Gasteiger partial charge < -0.3 is 15.5 Å². The standard InChI is InChI=1S/C37H71NO3/c1-3-5-7-9-11-13-15-17-18-19-20-21-22-24-26-28-30-32-36(40)35(34-39)38-37(41)33-31-29-27-25-23-16-14-12-10-8-6-4-2/h22,24,30,32,35-36,39-40H,3-21,23,25-29,31,33-34H2,1-2H3,(H,38,41)/b24-22+,32-30+. The average Bonchev–Trinajstić information content (AvgIpc) is 2.97. The van der Waals surface area contributed by atoms with Gasteiger partial charge in [0.1, 0.15) is 0 Å². The van der Waals surface area contributed by atoms with Crippen LogP contribution in [0.4, 0.5) is 0 Å². The Labute approximate surface area is 256 Å². The van der Waals surface area contributed by atoms with Crippen molar-refractivity contribution in [3.63, 3.8) is 0 Å². The first kappa shape index (κ1) is 39.9. The number of allylic oxidation sites excluding steroid dienone is 3. The van der Waals surface area contributed by atoms with Gasteiger partial charge in [0.05, 0.1) is 18.8 Å². The summed E-state index contributed by atoms with van der Waals surface area (Å²) in [6, 6.07) is -0.632. The fourth-order valence-corrected chi connectivity index (χ4v) is 5.37. The lowest BCUT2D eigenvalue weighted by atomic mass is 10.0. The molecular weight excluding hydrogens is 506 g/mol. The van der Waals surface area contributed by atoms with Gasteiger partial charge in [0.25, 0.3) is 0 Å². The van der Waals surface area contributed by atoms with Crippen LogP contribution in [0.25, 0.3) is 0 Å². The molecule has 0 radical (unpaired) electrons. The Morgan fingerprint density at radius 2 is 0.951 bits per heavy atom. The summed E-state index contributed by atoms with van der Waals surface area (Å²) in [5, 5.41) is 22.8. The Hall–Kier alpha value is -1.13. The fourth-order valence-electron chi connectivity index (χ4n) is 5.37. The number of carbonyl (C=O) groups excluding carboxylic acids is 1. The SMILES string of the molecule is CCCCCCCCCCCCC/C=C/CC/C=C/C(O)C(CO)NC(=O)CCCCCCCCCCCCCC. The zero-order chi connectivity index (χ0) is 30.1. The van der Waals surface area contributed by atoms with Crippen LogP contribution >= 0.6 is 0 Å². The molecule has 0 heterocycles. The maximum atomic E-state index is 12.3. The Balaban J connectivity index is 3.67. The van der Waals surface area contributed by atoms with Crippen molar-refractivity contribution in [2.45, 2.75) is 199 Å². The molecule has 3 N–H and O–H groups in total. The van der Waals surface area contributed by atoms with E-state index in [9.17, 15) is 15.0 Å². The summed E-state index contributed by atoms with van der Waals surface area (Å²) in [6.45, 7) is 4.28. The molecule has 0 bridgehead atoms. The van der Waals surface area contributed by atoms with Crippen LogP contribution in [0.5, 0.6) is 0 Å². The van der Waals surface area contributed by atoms with Crippen molar-refractivity contribution >= 4 is 5.91 Å². The van der Waals surface area contributed by atoms with Gasteiger partial charge >= 0.3 is 0 Å². The van der Waals surface area contributed by atoms with Crippen molar-refractivity contribution < 1.29 is 15.0 Å². The number of rotatable bonds is 32. The lowest BCUT2D eigenvalue weighted by molar-refractivity contribution is -0.123. The number of carbonyl (C=O) groups is 1. The summed E-state index contributed by atoms with van der Waals surface area (Å²) in [7, 11) is 0. The predicted octanol–water partition coefficient (Wildman–Crippen LogP) is 10.5. The first-order chi connectivity index (χ1) is 20.2. The quantitative estimate of drug-likeness (QED) is 0.0550. The highest BCUT2D eigenvalue weighted by atomic mass is 16.3. The van der Waals surface area contributed by atoms with E-state index in [2.05, 4.69) is 31.3 Å². The van der Waals surface area contributed by atoms with E-state index >= 15 is 0 Å². The number of hydrogen-bond acceptors (Lipinski definition) is 3. The Bertz CT molecular complexity index is 589. The lowest BCUT2D eigenvalue weighted by Crippen LogP contribution is -2.45. The van der Waals surface area contributed by atoms with Gasteiger partial charge in [-0.3, -0.25) is 4.79 Å². The molecule has 4 nitrogen and oxygen atoms in total. The molecule has 0 aromatic rings. The van der Waals surface area contributed by atoms with E-state index in [1.54, 1.807) is 6.08 Å². The number of nitrogens with one attached hydrogen (secondary N) is 1. The van der Waals surface area contributed by atoms with Gasteiger partial charge in [-0.2, -0.15) is 0 Å². The molecule has 0 spiro atoms. The summed E-state index contributed by atoms with van der Waals surface area (Å²) < 4.78 is 0. The molecule has 41 heavy (non-hydrogen) atoms. The molecule has 0 aliphatic carbocycles. The monoisotopic (exact) mass is 578 g/mol. The van der Waals surface area contributed by atoms with E-state index in [-0.39, 0.29) is 12.5 Å². The van der Waals surface area contributed by atoms with Gasteiger partial charge in [-0.25, -0.2) is 0 Å². The predicted molar refractivity (Wildman–Crippen MR) is 179 cm³/mol. The van der Waals surface area contributed by atoms with Crippen LogP contribution in [0.3, 0.4) is 0 Å². The smallest absolute Gasteiger partial charge is 0.220 e. The third kappa shape index (κ3) is 30.1. The van der Waals surface area contributed by atoms with E-state index in [0.717, 1.165) is 32.1 Å². The molecule has 0 aliphatic rings. The van der Waals surface area contributed by atoms with Gasteiger partial charge in [0.2, 0.25) is 5.91 Å². The molecule has 0 aromatic heterocycles. The largest absolute Gasteiger partial charge is 0.394 e. The average molecular weight is 578 g/mol. The van der Waals surface area contributed by atoms with Gasteiger partial charge in [0, 0.05) is 6.42 Å². The minimum Gasteiger partial charge on any atom is -0.394 e. The second kappa shape index (κ2) is 33.4. The summed E-state index contributed by atoms with van der Waals surface area (Å²) in [6.07, 6.45) is 41.2. The van der Waals surface area contributed by atoms with Crippen molar-refractivity contribution in [2.75, 3.05) is 6.61 Å². The van der Waals surface area contributed by atoms with Gasteiger partial charge in [-0.1, -0.05) is 173 Å². The minimum absolute atomic E-state index is 0.0751. The van der Waals surface area contributed by atoms with Gasteiger partial charge in [0.15, 0.2) is 0 Å². The molecule has 2 atom stereocenters. The van der Waals surface area contributed by atoms with Crippen LogP contribution in [-0.2, 0) is 4.79 Å². The highest BCUT2D eigenvalue weighted by molar-refractivity contribution is 5.76. The van der Waals surface area contributed by atoms with E-state index in [0.29, 0.717) is 6.42 Å². The Kier molecular flexibility index (Phi) is 32.5. The van der Waals surface area contributed by atoms with Crippen LogP contribution in [-0.4, -0.2) is 34.9 Å². The van der Waals surface area contributed by atoms with Crippen LogP contribution in [0, 0.1) is 0 Å². The molecule has 0 aromatic carbocycles. The van der Waals surface area contributed by atoms with Crippen LogP contribution < -0.4 is 5.32 Å². The number of hydrogen-bond donors (Lipinski definition) is 3. The molecule has 0 aliphatic heterocycles. The number of aliphatic hydroxyl groups excluding tert-OH is 2. The minimum atomic E-state index is -0.855. The second-order valence-corrected chi connectivity index (χ2v) is 12.3. The molecule has 242 valence electrons. The summed E-state index contributed by atoms with van der Waals surface area (Å²) >= 11 is 0. The van der Waals surface area contributed by atoms with E-state index in [1.807, 2.05) is 6.08 Å². The molecule has 4 heteroatoms. The Morgan fingerprint density at radius 3 is 1.41 bits per heavy atom. The molecule has 2 unspecified atom stereocenters. The third-order valence-corrected chi connectivity index (χ3v) is 8.19. The maximum absolute atomic E-state index is 12.3. The van der Waals surface area contributed by atoms with Gasteiger partial charge in [-0.05, 0) is 32.1 Å². The first-order valence-corrected chi connectivity index (χ1v) is 18.1. The van der Waals surface area contributed by atoms with Gasteiger partial charge in [-0.15, -0.1) is 0 Å². The number of aliphatic hydroxyl groups is 2. The summed E-state index contributed by atoms with van der Waals surface area (Å²) in [5.74, 6) is -0.0751. The lowest BCUT2D eigenvalue weighted by Gasteiger charge is -2.19. The molecular formula is C37H71NO3. The van der Waals surface area contributed by atoms with Crippen LogP contribution in [0.15, 0.2) is 24.3 Å². The van der Waals surface area contributed by atoms with Crippen molar-refractivity contribution in [3.05, 3.63) is 24.3 Å². The van der Waals surface area contributed by atoms with Crippen LogP contribution in [0.2, 0.25) is 0 Å². The highest BCUT2D eigenvalue weighted by Crippen LogP contribution is 2.14. The molecule has 0 saturated heterocycles. The topological polar surface area (TPSA) is 69.6 Å². The molecule has 0 saturated carbocycles. The summed E-state index contributed by atoms with van der Waals surface area (Å²) in [4.78, 5) is 12.3. The third-order valence-electron chi connectivity index (χ3n) is 8.19. The molecule has 1 amide bonds. The Morgan fingerprint density at radius 1 is 0.561 bits per heavy atom. The highest BCUT2D eigenvalue weighted by Gasteiger charge is 2.17. The van der Waals surface area contributed by atoms with Crippen molar-refractivity contribution in [3.8, 4) is 0 Å². The van der Waals surface area contributed by atoms with Crippen molar-refractivity contribution in [2.24, 2.45) is 0 Å². The van der Waals surface area contributed by atoms with Crippen LogP contribution in [0.1, 0.15) is 187 Å².